The van der Waals surface area contributed by atoms with Crippen LogP contribution in [0.3, 0.4) is 0 Å². The van der Waals surface area contributed by atoms with E-state index in [1.165, 1.54) is 4.68 Å². The molecule has 0 aliphatic carbocycles. The summed E-state index contributed by atoms with van der Waals surface area (Å²) in [4.78, 5) is 25.5. The molecule has 2 aliphatic rings. The van der Waals surface area contributed by atoms with Gasteiger partial charge in [0.2, 0.25) is 5.95 Å². The molecule has 1 fully saturated rings. The maximum absolute atomic E-state index is 13.7. The van der Waals surface area contributed by atoms with Crippen LogP contribution in [0, 0.1) is 0 Å². The van der Waals surface area contributed by atoms with E-state index in [0.29, 0.717) is 34.8 Å². The second-order valence-electron chi connectivity index (χ2n) is 8.97. The van der Waals surface area contributed by atoms with E-state index in [2.05, 4.69) is 10.00 Å². The maximum Gasteiger partial charge on any atom is 0.293 e. The zero-order chi connectivity index (χ0) is 23.9. The fraction of sp³-hybridized carbons (Fsp3) is 0.308. The highest BCUT2D eigenvalue weighted by Crippen LogP contribution is 2.37. The summed E-state index contributed by atoms with van der Waals surface area (Å²) in [5, 5.41) is 4.47. The number of piperidine rings is 1. The van der Waals surface area contributed by atoms with Gasteiger partial charge in [-0.05, 0) is 44.0 Å². The number of nitrogens with zero attached hydrogens (tertiary/aromatic N) is 6. The molecular formula is C26H27N7O2. The van der Waals surface area contributed by atoms with Crippen molar-refractivity contribution in [3.8, 4) is 11.5 Å². The Hall–Kier alpha value is -3.98. The number of anilines is 1. The van der Waals surface area contributed by atoms with Crippen molar-refractivity contribution in [2.45, 2.75) is 38.9 Å². The van der Waals surface area contributed by atoms with E-state index in [9.17, 15) is 4.79 Å². The lowest BCUT2D eigenvalue weighted by Crippen LogP contribution is -2.44. The first kappa shape index (κ1) is 21.5. The van der Waals surface area contributed by atoms with Gasteiger partial charge in [0.15, 0.2) is 5.75 Å². The predicted octanol–water partition coefficient (Wildman–Crippen LogP) is 3.47. The average molecular weight is 470 g/mol. The van der Waals surface area contributed by atoms with Crippen LogP contribution in [0.25, 0.3) is 11.0 Å². The Labute approximate surface area is 202 Å². The molecule has 1 atom stereocenters. The largest absolute Gasteiger partial charge is 0.454 e. The monoisotopic (exact) mass is 469 g/mol. The minimum absolute atomic E-state index is 0.113. The third-order valence-corrected chi connectivity index (χ3v) is 6.63. The smallest absolute Gasteiger partial charge is 0.293 e. The summed E-state index contributed by atoms with van der Waals surface area (Å²) in [5.74, 6) is 2.17. The molecule has 2 aromatic heterocycles. The fourth-order valence-electron chi connectivity index (χ4n) is 4.93. The van der Waals surface area contributed by atoms with Gasteiger partial charge in [0, 0.05) is 31.2 Å². The van der Waals surface area contributed by atoms with E-state index >= 15 is 0 Å². The summed E-state index contributed by atoms with van der Waals surface area (Å²) in [5.41, 5.74) is 9.44. The van der Waals surface area contributed by atoms with Crippen LogP contribution >= 0.6 is 0 Å². The van der Waals surface area contributed by atoms with Crippen LogP contribution in [0.1, 0.15) is 25.3 Å². The van der Waals surface area contributed by atoms with Crippen LogP contribution < -0.4 is 20.9 Å². The minimum atomic E-state index is -0.192. The normalized spacial score (nSPS) is 17.4. The molecule has 0 bridgehead atoms. The summed E-state index contributed by atoms with van der Waals surface area (Å²) in [7, 11) is 0. The van der Waals surface area contributed by atoms with E-state index in [0.717, 1.165) is 43.1 Å². The first-order valence-electron chi connectivity index (χ1n) is 12.0. The van der Waals surface area contributed by atoms with Crippen molar-refractivity contribution in [1.82, 2.24) is 19.3 Å². The Balaban J connectivity index is 1.44. The molecule has 0 unspecified atom stereocenters. The third kappa shape index (κ3) is 3.77. The van der Waals surface area contributed by atoms with Gasteiger partial charge in [-0.2, -0.15) is 5.10 Å². The zero-order valence-corrected chi connectivity index (χ0v) is 19.6. The van der Waals surface area contributed by atoms with Crippen molar-refractivity contribution in [2.75, 3.05) is 18.0 Å². The molecule has 4 aromatic rings. The van der Waals surface area contributed by atoms with Crippen molar-refractivity contribution in [2.24, 2.45) is 10.7 Å². The zero-order valence-electron chi connectivity index (χ0n) is 19.6. The topological polar surface area (TPSA) is 104 Å². The Bertz CT molecular complexity index is 1500. The van der Waals surface area contributed by atoms with Gasteiger partial charge in [0.05, 0.1) is 18.5 Å². The van der Waals surface area contributed by atoms with Crippen molar-refractivity contribution in [1.29, 1.82) is 0 Å². The van der Waals surface area contributed by atoms with Gasteiger partial charge in [0.1, 0.15) is 22.5 Å². The van der Waals surface area contributed by atoms with E-state index in [-0.39, 0.29) is 18.1 Å². The Morgan fingerprint density at radius 2 is 1.91 bits per heavy atom. The summed E-state index contributed by atoms with van der Waals surface area (Å²) in [6.45, 7) is 4.48. The summed E-state index contributed by atoms with van der Waals surface area (Å²) in [6.07, 6.45) is 3.69. The van der Waals surface area contributed by atoms with Crippen molar-refractivity contribution in [3.63, 3.8) is 0 Å². The quantitative estimate of drug-likeness (QED) is 0.491. The third-order valence-electron chi connectivity index (χ3n) is 6.63. The highest BCUT2D eigenvalue weighted by Gasteiger charge is 2.25. The van der Waals surface area contributed by atoms with Crippen molar-refractivity contribution in [3.05, 3.63) is 70.6 Å². The molecule has 0 amide bonds. The molecule has 9 nitrogen and oxygen atoms in total. The highest BCUT2D eigenvalue weighted by atomic mass is 16.5. The number of nitrogens with two attached hydrogens (primary N) is 1. The fourth-order valence-corrected chi connectivity index (χ4v) is 4.93. The van der Waals surface area contributed by atoms with Gasteiger partial charge in [-0.25, -0.2) is 14.7 Å². The summed E-state index contributed by atoms with van der Waals surface area (Å²) >= 11 is 0. The Morgan fingerprint density at radius 1 is 1.11 bits per heavy atom. The molecule has 6 rings (SSSR count). The number of hydrogen-bond acceptors (Lipinski definition) is 7. The Morgan fingerprint density at radius 3 is 2.74 bits per heavy atom. The number of aliphatic imine (C=N–C) groups is 1. The van der Waals surface area contributed by atoms with Crippen LogP contribution in [0.5, 0.6) is 11.5 Å². The van der Waals surface area contributed by atoms with Gasteiger partial charge >= 0.3 is 0 Å². The lowest BCUT2D eigenvalue weighted by atomic mass is 10.1. The van der Waals surface area contributed by atoms with Crippen molar-refractivity contribution >= 4 is 28.4 Å². The second-order valence-corrected chi connectivity index (χ2v) is 8.97. The molecule has 1 saturated heterocycles. The van der Waals surface area contributed by atoms with Crippen LogP contribution in [-0.2, 0) is 13.1 Å². The van der Waals surface area contributed by atoms with Crippen LogP contribution in [0.15, 0.2) is 64.5 Å². The number of aryl methyl sites for hydroxylation is 1. The molecule has 178 valence electrons. The molecule has 35 heavy (non-hydrogen) atoms. The molecule has 2 aliphatic heterocycles. The molecular weight excluding hydrogens is 442 g/mol. The lowest BCUT2D eigenvalue weighted by molar-refractivity contribution is 0.484. The van der Waals surface area contributed by atoms with E-state index in [1.54, 1.807) is 6.20 Å². The maximum atomic E-state index is 13.7. The highest BCUT2D eigenvalue weighted by molar-refractivity contribution is 6.05. The molecule has 0 saturated carbocycles. The molecule has 4 heterocycles. The number of rotatable bonds is 4. The van der Waals surface area contributed by atoms with E-state index in [1.807, 2.05) is 60.0 Å². The second kappa shape index (κ2) is 8.66. The number of aromatic nitrogens is 4. The van der Waals surface area contributed by atoms with Crippen molar-refractivity contribution < 1.29 is 4.74 Å². The van der Waals surface area contributed by atoms with E-state index < -0.39 is 0 Å². The number of ether oxygens (including phenoxy) is 1. The molecule has 0 spiro atoms. The first-order chi connectivity index (χ1) is 17.1. The van der Waals surface area contributed by atoms with Gasteiger partial charge in [-0.15, -0.1) is 0 Å². The number of benzene rings is 2. The predicted molar refractivity (Wildman–Crippen MR) is 136 cm³/mol. The molecule has 2 aromatic carbocycles. The molecule has 0 radical (unpaired) electrons. The van der Waals surface area contributed by atoms with Gasteiger partial charge < -0.3 is 19.9 Å². The van der Waals surface area contributed by atoms with E-state index in [4.69, 9.17) is 20.4 Å². The van der Waals surface area contributed by atoms with Crippen LogP contribution in [-0.4, -0.2) is 44.2 Å². The standard InChI is InChI=1S/C26H27N7O2/c1-2-32-24-20(30-26(32)31-13-7-8-17(27)15-31)14-28-33(25(24)34)16-21-18-9-3-5-11-22(18)35-23-12-6-4-10-19(23)29-21/h3-6,9-12,14,17H,2,7-8,13,15-16,27H2,1H3/t17-/m1/s1. The minimum Gasteiger partial charge on any atom is -0.454 e. The lowest BCUT2D eigenvalue weighted by Gasteiger charge is -2.31. The summed E-state index contributed by atoms with van der Waals surface area (Å²) < 4.78 is 9.58. The molecule has 9 heteroatoms. The van der Waals surface area contributed by atoms with Gasteiger partial charge in [0.25, 0.3) is 5.56 Å². The van der Waals surface area contributed by atoms with Gasteiger partial charge in [-0.3, -0.25) is 4.79 Å². The van der Waals surface area contributed by atoms with Gasteiger partial charge in [-0.1, -0.05) is 24.3 Å². The molecule has 2 N–H and O–H groups in total. The number of fused-ring (bicyclic) bond motifs is 3. The Kier molecular flexibility index (Phi) is 5.33. The first-order valence-corrected chi connectivity index (χ1v) is 12.0. The summed E-state index contributed by atoms with van der Waals surface area (Å²) in [6, 6.07) is 15.5. The number of imidazole rings is 1. The number of hydrogen-bond donors (Lipinski definition) is 1. The van der Waals surface area contributed by atoms with Crippen LogP contribution in [0.4, 0.5) is 11.6 Å². The number of para-hydroxylation sites is 3. The SMILES string of the molecule is CCn1c(N2CCC[C@@H](N)C2)nc2cnn(CC3=Nc4ccccc4Oc4ccccc43)c(=O)c21. The van der Waals surface area contributed by atoms with Crippen LogP contribution in [0.2, 0.25) is 0 Å². The average Bonchev–Trinajstić information content (AvgIpc) is 3.18.